The fourth-order valence-electron chi connectivity index (χ4n) is 5.30. The van der Waals surface area contributed by atoms with Crippen molar-refractivity contribution in [1.82, 2.24) is 24.8 Å². The highest BCUT2D eigenvalue weighted by atomic mass is 32.1. The Morgan fingerprint density at radius 3 is 2.47 bits per heavy atom. The molecule has 15 heteroatoms. The van der Waals surface area contributed by atoms with E-state index >= 15 is 0 Å². The third-order valence-corrected chi connectivity index (χ3v) is 8.82. The van der Waals surface area contributed by atoms with Gasteiger partial charge in [-0.05, 0) is 51.4 Å². The van der Waals surface area contributed by atoms with Crippen LogP contribution >= 0.6 is 11.3 Å². The number of hydrogen-bond donors (Lipinski definition) is 2. The highest BCUT2D eigenvalue weighted by Gasteiger charge is 2.33. The minimum Gasteiger partial charge on any atom is -0.480 e. The number of thiazole rings is 1. The zero-order valence-electron chi connectivity index (χ0n) is 23.6. The first-order valence-corrected chi connectivity index (χ1v) is 14.7. The maximum Gasteiger partial charge on any atom is 0.416 e. The second-order valence-corrected chi connectivity index (χ2v) is 11.8. The summed E-state index contributed by atoms with van der Waals surface area (Å²) in [6, 6.07) is 2.01. The lowest BCUT2D eigenvalue weighted by molar-refractivity contribution is -0.142. The normalized spacial score (nSPS) is 19.0. The third kappa shape index (κ3) is 7.11. The molecule has 2 fully saturated rings. The van der Waals surface area contributed by atoms with Gasteiger partial charge in [-0.3, -0.25) is 24.7 Å². The first-order valence-electron chi connectivity index (χ1n) is 13.9. The molecular weight excluding hydrogens is 590 g/mol. The van der Waals surface area contributed by atoms with Crippen LogP contribution < -0.4 is 10.2 Å². The quantitative estimate of drug-likeness (QED) is 0.349. The van der Waals surface area contributed by atoms with E-state index in [1.54, 1.807) is 6.92 Å². The van der Waals surface area contributed by atoms with Crippen LogP contribution in [0.3, 0.4) is 0 Å². The lowest BCUT2D eigenvalue weighted by atomic mass is 10.1. The summed E-state index contributed by atoms with van der Waals surface area (Å²) in [5, 5.41) is 12.0. The third-order valence-electron chi connectivity index (χ3n) is 7.87. The maximum atomic E-state index is 14.3. The Labute approximate surface area is 249 Å². The van der Waals surface area contributed by atoms with Gasteiger partial charge in [-0.2, -0.15) is 13.2 Å². The van der Waals surface area contributed by atoms with Crippen molar-refractivity contribution >= 4 is 34.2 Å². The van der Waals surface area contributed by atoms with Gasteiger partial charge < -0.3 is 10.0 Å². The molecule has 43 heavy (non-hydrogen) atoms. The van der Waals surface area contributed by atoms with Gasteiger partial charge in [-0.1, -0.05) is 11.3 Å². The van der Waals surface area contributed by atoms with Crippen molar-refractivity contribution in [3.8, 4) is 11.3 Å². The standard InChI is InChI=1S/C28H31F4N7O3S/c1-16-4-3-5-39(16)15-22-24(18-10-19(28(30,31)32)12-20(29)11-18)35-27(43-22)36-25(40)21-13-34-23(14-33-21)38-8-6-37(7-9-38)17(2)26(41)42/h10-14,16-17H,3-9,15H2,1-2H3,(H,41,42)(H,35,36,40)/t16-,17?/m1/s1. The predicted molar refractivity (Wildman–Crippen MR) is 152 cm³/mol. The van der Waals surface area contributed by atoms with E-state index in [9.17, 15) is 32.3 Å². The van der Waals surface area contributed by atoms with Crippen LogP contribution in [0.25, 0.3) is 11.3 Å². The van der Waals surface area contributed by atoms with Crippen LogP contribution in [0, 0.1) is 5.82 Å². The number of amides is 1. The average molecular weight is 622 g/mol. The minimum atomic E-state index is -4.73. The topological polar surface area (TPSA) is 115 Å². The molecule has 1 amide bonds. The molecule has 1 aromatic carbocycles. The largest absolute Gasteiger partial charge is 0.480 e. The van der Waals surface area contributed by atoms with Gasteiger partial charge in [0, 0.05) is 49.2 Å². The van der Waals surface area contributed by atoms with Crippen molar-refractivity contribution in [2.24, 2.45) is 0 Å². The Hall–Kier alpha value is -3.69. The summed E-state index contributed by atoms with van der Waals surface area (Å²) in [5.41, 5.74) is -0.941. The molecular formula is C28H31F4N7O3S. The number of carboxylic acid groups (broad SMARTS) is 1. The zero-order chi connectivity index (χ0) is 30.9. The van der Waals surface area contributed by atoms with Gasteiger partial charge in [0.1, 0.15) is 23.4 Å². The average Bonchev–Trinajstić information content (AvgIpc) is 3.57. The van der Waals surface area contributed by atoms with Crippen LogP contribution in [0.1, 0.15) is 47.6 Å². The number of aliphatic carboxylic acids is 1. The molecule has 0 spiro atoms. The maximum absolute atomic E-state index is 14.3. The van der Waals surface area contributed by atoms with Gasteiger partial charge in [-0.25, -0.2) is 19.3 Å². The van der Waals surface area contributed by atoms with E-state index in [1.807, 2.05) is 9.80 Å². The summed E-state index contributed by atoms with van der Waals surface area (Å²) in [6.45, 7) is 7.10. The molecule has 2 aromatic heterocycles. The molecule has 230 valence electrons. The van der Waals surface area contributed by atoms with E-state index < -0.39 is 35.5 Å². The van der Waals surface area contributed by atoms with Crippen molar-refractivity contribution < 1.29 is 32.3 Å². The van der Waals surface area contributed by atoms with Gasteiger partial charge in [0.25, 0.3) is 5.91 Å². The molecule has 2 N–H and O–H groups in total. The number of halogens is 4. The number of nitrogens with one attached hydrogen (secondary N) is 1. The molecule has 10 nitrogen and oxygen atoms in total. The molecule has 1 unspecified atom stereocenters. The van der Waals surface area contributed by atoms with E-state index in [0.29, 0.717) is 49.5 Å². The van der Waals surface area contributed by atoms with Gasteiger partial charge in [0.05, 0.1) is 23.7 Å². The first-order chi connectivity index (χ1) is 20.4. The zero-order valence-corrected chi connectivity index (χ0v) is 24.4. The fraction of sp³-hybridized carbons (Fsp3) is 0.464. The highest BCUT2D eigenvalue weighted by Crippen LogP contribution is 2.38. The fourth-order valence-corrected chi connectivity index (χ4v) is 6.30. The van der Waals surface area contributed by atoms with Crippen LogP contribution in [0.5, 0.6) is 0 Å². The Balaban J connectivity index is 1.33. The van der Waals surface area contributed by atoms with E-state index in [4.69, 9.17) is 0 Å². The summed E-state index contributed by atoms with van der Waals surface area (Å²) in [5.74, 6) is -1.96. The first kappa shape index (κ1) is 30.8. The molecule has 0 saturated carbocycles. The number of piperazine rings is 1. The number of hydrogen-bond acceptors (Lipinski definition) is 9. The smallest absolute Gasteiger partial charge is 0.416 e. The highest BCUT2D eigenvalue weighted by molar-refractivity contribution is 7.16. The Morgan fingerprint density at radius 2 is 1.86 bits per heavy atom. The summed E-state index contributed by atoms with van der Waals surface area (Å²) in [7, 11) is 0. The van der Waals surface area contributed by atoms with Crippen molar-refractivity contribution in [1.29, 1.82) is 0 Å². The number of nitrogens with zero attached hydrogens (tertiary/aromatic N) is 6. The van der Waals surface area contributed by atoms with E-state index in [-0.39, 0.29) is 28.1 Å². The summed E-state index contributed by atoms with van der Waals surface area (Å²) < 4.78 is 54.6. The summed E-state index contributed by atoms with van der Waals surface area (Å²) in [6.07, 6.45) is 0.0258. The van der Waals surface area contributed by atoms with Crippen LogP contribution in [0.4, 0.5) is 28.5 Å². The molecule has 0 aliphatic carbocycles. The number of alkyl halides is 3. The second kappa shape index (κ2) is 12.5. The molecule has 0 radical (unpaired) electrons. The van der Waals surface area contributed by atoms with Gasteiger partial charge in [0.2, 0.25) is 0 Å². The number of benzene rings is 1. The number of carbonyl (C=O) groups excluding carboxylic acids is 1. The number of aromatic nitrogens is 3. The Kier molecular flexibility index (Phi) is 8.94. The predicted octanol–water partition coefficient (Wildman–Crippen LogP) is 4.59. The molecule has 2 saturated heterocycles. The van der Waals surface area contributed by atoms with Crippen LogP contribution in [0.15, 0.2) is 30.6 Å². The number of anilines is 2. The van der Waals surface area contributed by atoms with Crippen molar-refractivity contribution in [3.05, 3.63) is 52.5 Å². The monoisotopic (exact) mass is 621 g/mol. The number of likely N-dealkylation sites (tertiary alicyclic amines) is 1. The van der Waals surface area contributed by atoms with Crippen LogP contribution in [-0.4, -0.2) is 86.5 Å². The van der Waals surface area contributed by atoms with Gasteiger partial charge in [-0.15, -0.1) is 0 Å². The molecule has 3 aromatic rings. The lowest BCUT2D eigenvalue weighted by Crippen LogP contribution is -2.52. The molecule has 2 aliphatic heterocycles. The molecule has 2 aliphatic rings. The lowest BCUT2D eigenvalue weighted by Gasteiger charge is -2.36. The van der Waals surface area contributed by atoms with Crippen molar-refractivity contribution in [3.63, 3.8) is 0 Å². The van der Waals surface area contributed by atoms with Crippen LogP contribution in [0.2, 0.25) is 0 Å². The van der Waals surface area contributed by atoms with E-state index in [1.165, 1.54) is 12.4 Å². The number of carbonyl (C=O) groups is 2. The van der Waals surface area contributed by atoms with Crippen LogP contribution in [-0.2, 0) is 17.5 Å². The molecule has 5 rings (SSSR count). The Bertz CT molecular complexity index is 1480. The summed E-state index contributed by atoms with van der Waals surface area (Å²) in [4.78, 5) is 43.9. The molecule has 0 bridgehead atoms. The minimum absolute atomic E-state index is 0.0125. The van der Waals surface area contributed by atoms with Crippen molar-refractivity contribution in [2.75, 3.05) is 42.9 Å². The van der Waals surface area contributed by atoms with Crippen molar-refractivity contribution in [2.45, 2.75) is 51.5 Å². The van der Waals surface area contributed by atoms with E-state index in [0.717, 1.165) is 42.9 Å². The van der Waals surface area contributed by atoms with E-state index in [2.05, 4.69) is 32.1 Å². The molecule has 2 atom stereocenters. The Morgan fingerprint density at radius 1 is 1.12 bits per heavy atom. The second-order valence-electron chi connectivity index (χ2n) is 10.7. The van der Waals surface area contributed by atoms with Gasteiger partial charge >= 0.3 is 12.1 Å². The SMILES string of the molecule is CC(C(=O)O)N1CCN(c2cnc(C(=O)Nc3nc(-c4cc(F)cc(C(F)(F)F)c4)c(CN4CCC[C@H]4C)s3)cn2)CC1. The van der Waals surface area contributed by atoms with Gasteiger partial charge in [0.15, 0.2) is 5.13 Å². The molecule has 4 heterocycles. The number of rotatable bonds is 8. The number of carboxylic acids is 1. The summed E-state index contributed by atoms with van der Waals surface area (Å²) >= 11 is 1.12.